The van der Waals surface area contributed by atoms with E-state index in [-0.39, 0.29) is 5.69 Å². The monoisotopic (exact) mass is 276 g/mol. The summed E-state index contributed by atoms with van der Waals surface area (Å²) in [6.07, 6.45) is 3.46. The predicted octanol–water partition coefficient (Wildman–Crippen LogP) is 2.57. The highest BCUT2D eigenvalue weighted by atomic mass is 32.2. The second-order valence-corrected chi connectivity index (χ2v) is 4.91. The van der Waals surface area contributed by atoms with Gasteiger partial charge in [0.25, 0.3) is 5.69 Å². The Morgan fingerprint density at radius 1 is 1.37 bits per heavy atom. The van der Waals surface area contributed by atoms with Gasteiger partial charge in [0.2, 0.25) is 0 Å². The minimum Gasteiger partial charge on any atom is -0.398 e. The fourth-order valence-electron chi connectivity index (χ4n) is 1.43. The van der Waals surface area contributed by atoms with E-state index in [9.17, 15) is 10.1 Å². The van der Waals surface area contributed by atoms with E-state index in [0.29, 0.717) is 22.2 Å². The Balaban J connectivity index is 2.12. The molecule has 2 N–H and O–H groups in total. The molecule has 2 aromatic rings. The van der Waals surface area contributed by atoms with Crippen molar-refractivity contribution in [2.75, 3.05) is 5.73 Å². The number of aryl methyl sites for hydroxylation is 1. The van der Waals surface area contributed by atoms with Crippen LogP contribution in [-0.2, 0) is 5.75 Å². The molecule has 1 aromatic carbocycles. The molecule has 0 bridgehead atoms. The Hall–Kier alpha value is -2.15. The molecule has 98 valence electrons. The van der Waals surface area contributed by atoms with Crippen molar-refractivity contribution in [2.45, 2.75) is 17.8 Å². The molecule has 2 rings (SSSR count). The Morgan fingerprint density at radius 2 is 2.05 bits per heavy atom. The minimum atomic E-state index is -0.435. The molecule has 0 atom stereocenters. The molecule has 19 heavy (non-hydrogen) atoms. The Labute approximate surface area is 114 Å². The molecule has 7 heteroatoms. The van der Waals surface area contributed by atoms with Crippen LogP contribution in [0.1, 0.15) is 11.1 Å². The first-order chi connectivity index (χ1) is 9.06. The topological polar surface area (TPSA) is 94.9 Å². The van der Waals surface area contributed by atoms with E-state index < -0.39 is 4.92 Å². The van der Waals surface area contributed by atoms with E-state index in [0.717, 1.165) is 5.56 Å². The van der Waals surface area contributed by atoms with Crippen molar-refractivity contribution in [3.63, 3.8) is 0 Å². The molecule has 0 saturated carbocycles. The van der Waals surface area contributed by atoms with Gasteiger partial charge in [-0.2, -0.15) is 0 Å². The fraction of sp³-hybridized carbons (Fsp3) is 0.167. The lowest BCUT2D eigenvalue weighted by atomic mass is 10.2. The maximum Gasteiger partial charge on any atom is 0.269 e. The van der Waals surface area contributed by atoms with Crippen molar-refractivity contribution >= 4 is 23.1 Å². The first-order valence-electron chi connectivity index (χ1n) is 5.50. The highest BCUT2D eigenvalue weighted by Crippen LogP contribution is 2.26. The van der Waals surface area contributed by atoms with E-state index in [1.807, 2.05) is 6.92 Å². The number of aromatic nitrogens is 2. The number of nitrogen functional groups attached to an aromatic ring is 1. The summed E-state index contributed by atoms with van der Waals surface area (Å²) >= 11 is 1.39. The number of benzene rings is 1. The SMILES string of the molecule is Cc1cnc(SCc2cc([N+](=O)[O-])ccc2N)nc1. The van der Waals surface area contributed by atoms with E-state index in [1.54, 1.807) is 18.5 Å². The van der Waals surface area contributed by atoms with Crippen LogP contribution in [0.15, 0.2) is 35.7 Å². The van der Waals surface area contributed by atoms with Gasteiger partial charge >= 0.3 is 0 Å². The largest absolute Gasteiger partial charge is 0.398 e. The Morgan fingerprint density at radius 3 is 2.68 bits per heavy atom. The van der Waals surface area contributed by atoms with E-state index in [4.69, 9.17) is 5.73 Å². The number of nitrogens with two attached hydrogens (primary N) is 1. The number of anilines is 1. The first-order valence-corrected chi connectivity index (χ1v) is 6.49. The number of non-ortho nitro benzene ring substituents is 1. The lowest BCUT2D eigenvalue weighted by Gasteiger charge is -2.04. The molecule has 0 amide bonds. The van der Waals surface area contributed by atoms with Gasteiger partial charge in [0.1, 0.15) is 0 Å². The highest BCUT2D eigenvalue weighted by Gasteiger charge is 2.10. The van der Waals surface area contributed by atoms with E-state index >= 15 is 0 Å². The van der Waals surface area contributed by atoms with Gasteiger partial charge in [0.15, 0.2) is 5.16 Å². The molecule has 0 aliphatic heterocycles. The number of thioether (sulfide) groups is 1. The van der Waals surface area contributed by atoms with Crippen molar-refractivity contribution in [3.05, 3.63) is 51.8 Å². The Bertz CT molecular complexity index is 601. The molecule has 0 aliphatic rings. The fourth-order valence-corrected chi connectivity index (χ4v) is 2.22. The van der Waals surface area contributed by atoms with Crippen molar-refractivity contribution in [3.8, 4) is 0 Å². The van der Waals surface area contributed by atoms with Gasteiger partial charge < -0.3 is 5.73 Å². The molecule has 0 unspecified atom stereocenters. The van der Waals surface area contributed by atoms with Gasteiger partial charge in [0, 0.05) is 36.0 Å². The van der Waals surface area contributed by atoms with Gasteiger partial charge in [0.05, 0.1) is 4.92 Å². The van der Waals surface area contributed by atoms with Gasteiger partial charge in [-0.3, -0.25) is 10.1 Å². The standard InChI is InChI=1S/C12H12N4O2S/c1-8-5-14-12(15-6-8)19-7-9-4-10(16(17)18)2-3-11(9)13/h2-6H,7,13H2,1H3. The van der Waals surface area contributed by atoms with Crippen LogP contribution in [0.3, 0.4) is 0 Å². The van der Waals surface area contributed by atoms with Crippen LogP contribution in [0.4, 0.5) is 11.4 Å². The van der Waals surface area contributed by atoms with Crippen LogP contribution in [-0.4, -0.2) is 14.9 Å². The normalized spacial score (nSPS) is 10.4. The third-order valence-electron chi connectivity index (χ3n) is 2.45. The third kappa shape index (κ3) is 3.41. The maximum absolute atomic E-state index is 10.7. The number of hydrogen-bond acceptors (Lipinski definition) is 6. The summed E-state index contributed by atoms with van der Waals surface area (Å²) in [4.78, 5) is 18.6. The molecule has 6 nitrogen and oxygen atoms in total. The summed E-state index contributed by atoms with van der Waals surface area (Å²) in [6, 6.07) is 4.42. The number of rotatable bonds is 4. The van der Waals surface area contributed by atoms with Gasteiger partial charge in [-0.15, -0.1) is 0 Å². The smallest absolute Gasteiger partial charge is 0.269 e. The van der Waals surface area contributed by atoms with E-state index in [1.165, 1.54) is 23.9 Å². The first kappa shape index (κ1) is 13.3. The molecule has 0 fully saturated rings. The van der Waals surface area contributed by atoms with Crippen LogP contribution in [0.25, 0.3) is 0 Å². The van der Waals surface area contributed by atoms with Crippen LogP contribution in [0.5, 0.6) is 0 Å². The molecule has 1 heterocycles. The second kappa shape index (κ2) is 5.66. The zero-order valence-corrected chi connectivity index (χ0v) is 11.1. The summed E-state index contributed by atoms with van der Waals surface area (Å²) < 4.78 is 0. The van der Waals surface area contributed by atoms with Crippen LogP contribution >= 0.6 is 11.8 Å². The lowest BCUT2D eigenvalue weighted by Crippen LogP contribution is -1.96. The average molecular weight is 276 g/mol. The van der Waals surface area contributed by atoms with Gasteiger partial charge in [-0.25, -0.2) is 9.97 Å². The molecular formula is C12H12N4O2S. The van der Waals surface area contributed by atoms with E-state index in [2.05, 4.69) is 9.97 Å². The van der Waals surface area contributed by atoms with Crippen molar-refractivity contribution < 1.29 is 4.92 Å². The summed E-state index contributed by atoms with van der Waals surface area (Å²) in [5.41, 5.74) is 8.07. The molecular weight excluding hydrogens is 264 g/mol. The lowest BCUT2D eigenvalue weighted by molar-refractivity contribution is -0.384. The van der Waals surface area contributed by atoms with Crippen LogP contribution in [0.2, 0.25) is 0 Å². The summed E-state index contributed by atoms with van der Waals surface area (Å²) in [7, 11) is 0. The number of nitro benzene ring substituents is 1. The molecule has 1 aromatic heterocycles. The average Bonchev–Trinajstić information content (AvgIpc) is 2.39. The quantitative estimate of drug-likeness (QED) is 0.303. The molecule has 0 radical (unpaired) electrons. The summed E-state index contributed by atoms with van der Waals surface area (Å²) in [5, 5.41) is 11.3. The molecule has 0 spiro atoms. The zero-order chi connectivity index (χ0) is 13.8. The van der Waals surface area contributed by atoms with Crippen molar-refractivity contribution in [1.29, 1.82) is 0 Å². The van der Waals surface area contributed by atoms with Gasteiger partial charge in [-0.1, -0.05) is 11.8 Å². The number of hydrogen-bond donors (Lipinski definition) is 1. The third-order valence-corrected chi connectivity index (χ3v) is 3.38. The van der Waals surface area contributed by atoms with Crippen molar-refractivity contribution in [2.24, 2.45) is 0 Å². The molecule has 0 aliphatic carbocycles. The van der Waals surface area contributed by atoms with Crippen LogP contribution < -0.4 is 5.73 Å². The highest BCUT2D eigenvalue weighted by molar-refractivity contribution is 7.98. The molecule has 0 saturated heterocycles. The minimum absolute atomic E-state index is 0.0367. The van der Waals surface area contributed by atoms with Gasteiger partial charge in [-0.05, 0) is 24.1 Å². The second-order valence-electron chi connectivity index (χ2n) is 3.97. The number of nitrogens with zero attached hydrogens (tertiary/aromatic N) is 3. The summed E-state index contributed by atoms with van der Waals surface area (Å²) in [6.45, 7) is 1.91. The van der Waals surface area contributed by atoms with Crippen LogP contribution in [0, 0.1) is 17.0 Å². The zero-order valence-electron chi connectivity index (χ0n) is 10.2. The summed E-state index contributed by atoms with van der Waals surface area (Å²) in [5.74, 6) is 0.497. The predicted molar refractivity (Wildman–Crippen MR) is 73.8 cm³/mol. The maximum atomic E-state index is 10.7. The Kier molecular flexibility index (Phi) is 3.96. The number of nitro groups is 1. The van der Waals surface area contributed by atoms with Crippen molar-refractivity contribution in [1.82, 2.24) is 9.97 Å².